The maximum absolute atomic E-state index is 8.99. The molecule has 12 heavy (non-hydrogen) atoms. The largest absolute Gasteiger partial charge is 0.395 e. The van der Waals surface area contributed by atoms with Gasteiger partial charge in [0.15, 0.2) is 0 Å². The normalized spacial score (nSPS) is 24.2. The Morgan fingerprint density at radius 3 is 3.08 bits per heavy atom. The van der Waals surface area contributed by atoms with Crippen molar-refractivity contribution < 1.29 is 5.11 Å². The summed E-state index contributed by atoms with van der Waals surface area (Å²) < 4.78 is 0. The van der Waals surface area contributed by atoms with Crippen LogP contribution in [-0.2, 0) is 0 Å². The molecule has 0 aromatic heterocycles. The van der Waals surface area contributed by atoms with Crippen LogP contribution in [0.15, 0.2) is 0 Å². The van der Waals surface area contributed by atoms with Gasteiger partial charge in [0.1, 0.15) is 0 Å². The van der Waals surface area contributed by atoms with Crippen LogP contribution in [0, 0.1) is 11.3 Å². The summed E-state index contributed by atoms with van der Waals surface area (Å²) in [4.78, 5) is 2.29. The lowest BCUT2D eigenvalue weighted by Gasteiger charge is -2.21. The standard InChI is InChI=1S/C9H16N2O/c10-5-1-2-6-11-7-3-4-9(11)8-12/h9,12H,1-4,6-8H2/t9-/m0/s1. The van der Waals surface area contributed by atoms with Gasteiger partial charge in [0.25, 0.3) is 0 Å². The molecule has 3 heteroatoms. The van der Waals surface area contributed by atoms with Crippen LogP contribution in [0.4, 0.5) is 0 Å². The van der Waals surface area contributed by atoms with Crippen molar-refractivity contribution in [1.29, 1.82) is 5.26 Å². The summed E-state index contributed by atoms with van der Waals surface area (Å²) in [5.74, 6) is 0. The number of aliphatic hydroxyl groups is 1. The highest BCUT2D eigenvalue weighted by Crippen LogP contribution is 2.16. The van der Waals surface area contributed by atoms with E-state index in [0.717, 1.165) is 25.9 Å². The average molecular weight is 168 g/mol. The lowest BCUT2D eigenvalue weighted by atomic mass is 10.2. The average Bonchev–Trinajstić information content (AvgIpc) is 2.52. The summed E-state index contributed by atoms with van der Waals surface area (Å²) in [7, 11) is 0. The quantitative estimate of drug-likeness (QED) is 0.630. The van der Waals surface area contributed by atoms with Crippen molar-refractivity contribution in [3.05, 3.63) is 0 Å². The molecule has 0 aromatic rings. The zero-order valence-corrected chi connectivity index (χ0v) is 7.37. The Morgan fingerprint density at radius 2 is 2.42 bits per heavy atom. The Bertz CT molecular complexity index is 164. The van der Waals surface area contributed by atoms with Gasteiger partial charge in [-0.2, -0.15) is 5.26 Å². The Balaban J connectivity index is 2.18. The van der Waals surface area contributed by atoms with Crippen molar-refractivity contribution in [3.63, 3.8) is 0 Å². The van der Waals surface area contributed by atoms with Crippen molar-refractivity contribution in [2.24, 2.45) is 0 Å². The molecule has 0 amide bonds. The van der Waals surface area contributed by atoms with Crippen LogP contribution in [0.2, 0.25) is 0 Å². The SMILES string of the molecule is N#CCCCN1CCC[C@H]1CO. The zero-order chi connectivity index (χ0) is 8.81. The van der Waals surface area contributed by atoms with Gasteiger partial charge in [-0.05, 0) is 32.4 Å². The Morgan fingerprint density at radius 1 is 1.58 bits per heavy atom. The third-order valence-electron chi connectivity index (χ3n) is 2.44. The summed E-state index contributed by atoms with van der Waals surface area (Å²) >= 11 is 0. The van der Waals surface area contributed by atoms with Gasteiger partial charge in [-0.15, -0.1) is 0 Å². The van der Waals surface area contributed by atoms with Gasteiger partial charge < -0.3 is 5.11 Å². The first-order chi connectivity index (χ1) is 5.88. The maximum atomic E-state index is 8.99. The monoisotopic (exact) mass is 168 g/mol. The van der Waals surface area contributed by atoms with E-state index in [0.29, 0.717) is 12.5 Å². The minimum absolute atomic E-state index is 0.270. The summed E-state index contributed by atoms with van der Waals surface area (Å²) in [6.07, 6.45) is 3.88. The molecule has 1 rings (SSSR count). The fourth-order valence-electron chi connectivity index (χ4n) is 1.76. The van der Waals surface area contributed by atoms with E-state index in [1.54, 1.807) is 0 Å². The third-order valence-corrected chi connectivity index (χ3v) is 2.44. The van der Waals surface area contributed by atoms with Crippen LogP contribution >= 0.6 is 0 Å². The first-order valence-corrected chi connectivity index (χ1v) is 4.60. The molecule has 0 saturated carbocycles. The van der Waals surface area contributed by atoms with Crippen molar-refractivity contribution >= 4 is 0 Å². The van der Waals surface area contributed by atoms with E-state index in [1.807, 2.05) is 0 Å². The molecular formula is C9H16N2O. The van der Waals surface area contributed by atoms with Crippen LogP contribution in [0.1, 0.15) is 25.7 Å². The number of likely N-dealkylation sites (tertiary alicyclic amines) is 1. The molecule has 0 spiro atoms. The fourth-order valence-corrected chi connectivity index (χ4v) is 1.76. The predicted molar refractivity (Wildman–Crippen MR) is 46.5 cm³/mol. The summed E-state index contributed by atoms with van der Waals surface area (Å²) in [6.45, 7) is 2.34. The van der Waals surface area contributed by atoms with E-state index < -0.39 is 0 Å². The van der Waals surface area contributed by atoms with Gasteiger partial charge in [-0.1, -0.05) is 0 Å². The van der Waals surface area contributed by atoms with E-state index in [9.17, 15) is 0 Å². The maximum Gasteiger partial charge on any atom is 0.0622 e. The number of hydrogen-bond acceptors (Lipinski definition) is 3. The van der Waals surface area contributed by atoms with E-state index >= 15 is 0 Å². The van der Waals surface area contributed by atoms with Gasteiger partial charge in [-0.3, -0.25) is 4.90 Å². The van der Waals surface area contributed by atoms with Crippen molar-refractivity contribution in [2.45, 2.75) is 31.7 Å². The second-order valence-corrected chi connectivity index (χ2v) is 3.28. The number of aliphatic hydroxyl groups excluding tert-OH is 1. The highest BCUT2D eigenvalue weighted by atomic mass is 16.3. The first-order valence-electron chi connectivity index (χ1n) is 4.60. The Labute approximate surface area is 73.6 Å². The molecule has 0 aliphatic carbocycles. The molecule has 1 saturated heterocycles. The van der Waals surface area contributed by atoms with E-state index in [2.05, 4.69) is 11.0 Å². The van der Waals surface area contributed by atoms with Crippen molar-refractivity contribution in [1.82, 2.24) is 4.90 Å². The lowest BCUT2D eigenvalue weighted by Crippen LogP contribution is -2.32. The highest BCUT2D eigenvalue weighted by molar-refractivity contribution is 4.79. The molecule has 1 N–H and O–H groups in total. The summed E-state index contributed by atoms with van der Waals surface area (Å²) in [6, 6.07) is 2.50. The number of nitrogens with zero attached hydrogens (tertiary/aromatic N) is 2. The molecule has 0 radical (unpaired) electrons. The molecule has 68 valence electrons. The molecule has 0 unspecified atom stereocenters. The first kappa shape index (κ1) is 9.50. The Kier molecular flexibility index (Phi) is 4.06. The van der Waals surface area contributed by atoms with Gasteiger partial charge in [0, 0.05) is 12.5 Å². The second kappa shape index (κ2) is 5.13. The topological polar surface area (TPSA) is 47.3 Å². The van der Waals surface area contributed by atoms with Crippen molar-refractivity contribution in [3.8, 4) is 6.07 Å². The number of nitriles is 1. The molecule has 1 aliphatic heterocycles. The van der Waals surface area contributed by atoms with E-state index in [-0.39, 0.29) is 6.61 Å². The van der Waals surface area contributed by atoms with Crippen LogP contribution in [0.25, 0.3) is 0 Å². The van der Waals surface area contributed by atoms with E-state index in [1.165, 1.54) is 6.42 Å². The predicted octanol–water partition coefficient (Wildman–Crippen LogP) is 0.747. The van der Waals surface area contributed by atoms with Crippen LogP contribution in [0.5, 0.6) is 0 Å². The summed E-state index contributed by atoms with van der Waals surface area (Å²) in [5, 5.41) is 17.3. The summed E-state index contributed by atoms with van der Waals surface area (Å²) in [5.41, 5.74) is 0. The number of hydrogen-bond donors (Lipinski definition) is 1. The zero-order valence-electron chi connectivity index (χ0n) is 7.37. The minimum Gasteiger partial charge on any atom is -0.395 e. The second-order valence-electron chi connectivity index (χ2n) is 3.28. The Hall–Kier alpha value is -0.590. The molecule has 1 atom stereocenters. The molecule has 1 fully saturated rings. The van der Waals surface area contributed by atoms with Gasteiger partial charge >= 0.3 is 0 Å². The molecular weight excluding hydrogens is 152 g/mol. The van der Waals surface area contributed by atoms with Gasteiger partial charge in [0.05, 0.1) is 12.7 Å². The van der Waals surface area contributed by atoms with E-state index in [4.69, 9.17) is 10.4 Å². The number of unbranched alkanes of at least 4 members (excludes halogenated alkanes) is 1. The van der Waals surface area contributed by atoms with Crippen LogP contribution < -0.4 is 0 Å². The van der Waals surface area contributed by atoms with Gasteiger partial charge in [0.2, 0.25) is 0 Å². The highest BCUT2D eigenvalue weighted by Gasteiger charge is 2.22. The molecule has 1 aliphatic rings. The van der Waals surface area contributed by atoms with Gasteiger partial charge in [-0.25, -0.2) is 0 Å². The third kappa shape index (κ3) is 2.47. The van der Waals surface area contributed by atoms with Crippen LogP contribution in [0.3, 0.4) is 0 Å². The molecule has 3 nitrogen and oxygen atoms in total. The van der Waals surface area contributed by atoms with Crippen molar-refractivity contribution in [2.75, 3.05) is 19.7 Å². The molecule has 0 aromatic carbocycles. The molecule has 1 heterocycles. The molecule has 0 bridgehead atoms. The number of rotatable bonds is 4. The smallest absolute Gasteiger partial charge is 0.0622 e. The lowest BCUT2D eigenvalue weighted by molar-refractivity contribution is 0.158. The van der Waals surface area contributed by atoms with Crippen LogP contribution in [-0.4, -0.2) is 35.7 Å². The fraction of sp³-hybridized carbons (Fsp3) is 0.889. The minimum atomic E-state index is 0.270.